The van der Waals surface area contributed by atoms with Crippen molar-refractivity contribution in [2.24, 2.45) is 0 Å². The van der Waals surface area contributed by atoms with E-state index < -0.39 is 38.3 Å². The third-order valence-corrected chi connectivity index (χ3v) is 3.72. The quantitative estimate of drug-likeness (QED) is 0.468. The topological polar surface area (TPSA) is 149 Å². The molecule has 22 heavy (non-hydrogen) atoms. The second-order valence-electron chi connectivity index (χ2n) is 4.12. The molecule has 0 bridgehead atoms. The summed E-state index contributed by atoms with van der Waals surface area (Å²) in [6.07, 6.45) is 0. The number of benzene rings is 2. The van der Waals surface area contributed by atoms with Crippen LogP contribution in [0.5, 0.6) is 5.75 Å². The Morgan fingerprint density at radius 3 is 2.00 bits per heavy atom. The van der Waals surface area contributed by atoms with E-state index in [9.17, 15) is 23.1 Å². The molecule has 0 aliphatic rings. The summed E-state index contributed by atoms with van der Waals surface area (Å²) in [7, 11) is -4.76. The fourth-order valence-electron chi connectivity index (χ4n) is 1.89. The summed E-state index contributed by atoms with van der Waals surface area (Å²) < 4.78 is 31.8. The monoisotopic (exact) mass is 336 g/mol. The predicted octanol–water partition coefficient (Wildman–Crippen LogP) is 0.540. The van der Waals surface area contributed by atoms with Crippen LogP contribution in [0.4, 0.5) is 0 Å². The summed E-state index contributed by atoms with van der Waals surface area (Å²) in [4.78, 5) is 21.2. The van der Waals surface area contributed by atoms with E-state index in [1.54, 1.807) is 0 Å². The molecular weight excluding hydrogens is 327 g/mol. The minimum atomic E-state index is -4.76. The summed E-state index contributed by atoms with van der Waals surface area (Å²) in [6.45, 7) is 0. The van der Waals surface area contributed by atoms with Gasteiger partial charge in [0.2, 0.25) is 0 Å². The standard InChI is InChI=1S/C12H8O8S.Na.H/c13-10-7-3-5(11(14)15)1-2-6(7)9(21(18,19)20)4-8(10)12(16)17;;/h1-4,13H,(H,14,15)(H,16,17)(H,18,19,20);;. The Morgan fingerprint density at radius 1 is 0.955 bits per heavy atom. The first-order valence-electron chi connectivity index (χ1n) is 5.36. The first kappa shape index (κ1) is 18.4. The van der Waals surface area contributed by atoms with Crippen LogP contribution in [0.25, 0.3) is 10.8 Å². The maximum absolute atomic E-state index is 11.3. The van der Waals surface area contributed by atoms with Crippen LogP contribution in [-0.4, -0.2) is 69.8 Å². The summed E-state index contributed by atoms with van der Waals surface area (Å²) in [5.74, 6) is -3.75. The number of carboxylic acid groups (broad SMARTS) is 2. The zero-order valence-corrected chi connectivity index (χ0v) is 11.0. The number of aromatic hydroxyl groups is 1. The van der Waals surface area contributed by atoms with Crippen molar-refractivity contribution in [3.05, 3.63) is 35.4 Å². The van der Waals surface area contributed by atoms with Crippen LogP contribution in [0.15, 0.2) is 29.2 Å². The fourth-order valence-corrected chi connectivity index (χ4v) is 2.61. The van der Waals surface area contributed by atoms with Gasteiger partial charge in [0.15, 0.2) is 0 Å². The number of rotatable bonds is 3. The van der Waals surface area contributed by atoms with Crippen molar-refractivity contribution in [1.82, 2.24) is 0 Å². The normalized spacial score (nSPS) is 11.0. The van der Waals surface area contributed by atoms with E-state index in [-0.39, 0.29) is 45.9 Å². The summed E-state index contributed by atoms with van der Waals surface area (Å²) in [5, 5.41) is 27.2. The minimum absolute atomic E-state index is 0. The molecule has 0 saturated carbocycles. The number of carboxylic acids is 2. The molecular formula is C12H9NaO8S. The van der Waals surface area contributed by atoms with Crippen molar-refractivity contribution in [1.29, 1.82) is 0 Å². The Hall–Kier alpha value is -1.65. The van der Waals surface area contributed by atoms with E-state index >= 15 is 0 Å². The Kier molecular flexibility index (Phi) is 5.21. The predicted molar refractivity (Wildman–Crippen MR) is 76.5 cm³/mol. The zero-order chi connectivity index (χ0) is 15.9. The van der Waals surface area contributed by atoms with Gasteiger partial charge in [0.1, 0.15) is 16.2 Å². The fraction of sp³-hybridized carbons (Fsp3) is 0. The molecule has 2 rings (SSSR count). The van der Waals surface area contributed by atoms with Crippen molar-refractivity contribution >= 4 is 62.4 Å². The van der Waals surface area contributed by atoms with Gasteiger partial charge in [-0.2, -0.15) is 8.42 Å². The summed E-state index contributed by atoms with van der Waals surface area (Å²) >= 11 is 0. The molecule has 0 aromatic heterocycles. The molecule has 0 aliphatic carbocycles. The van der Waals surface area contributed by atoms with Crippen LogP contribution in [-0.2, 0) is 10.1 Å². The first-order valence-corrected chi connectivity index (χ1v) is 6.80. The van der Waals surface area contributed by atoms with E-state index in [0.29, 0.717) is 6.07 Å². The maximum atomic E-state index is 11.3. The zero-order valence-electron chi connectivity index (χ0n) is 10.1. The van der Waals surface area contributed by atoms with E-state index in [1.807, 2.05) is 0 Å². The number of phenols is 1. The van der Waals surface area contributed by atoms with Gasteiger partial charge in [-0.3, -0.25) is 4.55 Å². The van der Waals surface area contributed by atoms with Crippen molar-refractivity contribution in [3.8, 4) is 5.75 Å². The molecule has 112 valence electrons. The van der Waals surface area contributed by atoms with Gasteiger partial charge < -0.3 is 15.3 Å². The molecule has 0 saturated heterocycles. The van der Waals surface area contributed by atoms with E-state index in [4.69, 9.17) is 14.8 Å². The molecule has 0 fully saturated rings. The molecule has 0 radical (unpaired) electrons. The Balaban J connectivity index is 0.00000242. The van der Waals surface area contributed by atoms with Gasteiger partial charge in [0.25, 0.3) is 10.1 Å². The molecule has 2 aromatic carbocycles. The van der Waals surface area contributed by atoms with Crippen LogP contribution < -0.4 is 0 Å². The molecule has 0 spiro atoms. The van der Waals surface area contributed by atoms with Crippen LogP contribution in [0, 0.1) is 0 Å². The molecule has 0 unspecified atom stereocenters. The average Bonchev–Trinajstić information content (AvgIpc) is 2.36. The van der Waals surface area contributed by atoms with Gasteiger partial charge >= 0.3 is 41.5 Å². The number of fused-ring (bicyclic) bond motifs is 1. The Morgan fingerprint density at radius 2 is 1.55 bits per heavy atom. The second kappa shape index (κ2) is 6.23. The van der Waals surface area contributed by atoms with E-state index in [2.05, 4.69) is 0 Å². The third kappa shape index (κ3) is 3.23. The van der Waals surface area contributed by atoms with Crippen LogP contribution >= 0.6 is 0 Å². The summed E-state index contributed by atoms with van der Waals surface area (Å²) in [6, 6.07) is 3.66. The summed E-state index contributed by atoms with van der Waals surface area (Å²) in [5.41, 5.74) is -1.04. The van der Waals surface area contributed by atoms with Gasteiger partial charge in [-0.05, 0) is 18.2 Å². The molecule has 0 heterocycles. The van der Waals surface area contributed by atoms with E-state index in [1.165, 1.54) is 0 Å². The van der Waals surface area contributed by atoms with Crippen molar-refractivity contribution in [3.63, 3.8) is 0 Å². The van der Waals surface area contributed by atoms with E-state index in [0.717, 1.165) is 18.2 Å². The van der Waals surface area contributed by atoms with Crippen LogP contribution in [0.3, 0.4) is 0 Å². The number of hydrogen-bond acceptors (Lipinski definition) is 5. The van der Waals surface area contributed by atoms with Crippen molar-refractivity contribution in [2.45, 2.75) is 4.90 Å². The number of carbonyl (C=O) groups is 2. The van der Waals surface area contributed by atoms with Gasteiger partial charge in [-0.1, -0.05) is 6.07 Å². The average molecular weight is 336 g/mol. The van der Waals surface area contributed by atoms with Gasteiger partial charge in [-0.25, -0.2) is 9.59 Å². The van der Waals surface area contributed by atoms with Gasteiger partial charge in [0.05, 0.1) is 5.56 Å². The Bertz CT molecular complexity index is 888. The van der Waals surface area contributed by atoms with Gasteiger partial charge in [-0.15, -0.1) is 0 Å². The molecule has 2 aromatic rings. The second-order valence-corrected chi connectivity index (χ2v) is 5.51. The van der Waals surface area contributed by atoms with Crippen LogP contribution in [0.2, 0.25) is 0 Å². The molecule has 10 heteroatoms. The molecule has 0 aliphatic heterocycles. The van der Waals surface area contributed by atoms with Crippen molar-refractivity contribution < 1.29 is 37.9 Å². The first-order chi connectivity index (χ1) is 9.62. The molecule has 0 amide bonds. The third-order valence-electron chi connectivity index (χ3n) is 2.83. The molecule has 8 nitrogen and oxygen atoms in total. The Labute approximate surface area is 146 Å². The number of aromatic carboxylic acids is 2. The number of hydrogen-bond donors (Lipinski definition) is 4. The molecule has 0 atom stereocenters. The molecule has 4 N–H and O–H groups in total. The SMILES string of the molecule is O=C(O)c1ccc2c(S(=O)(=O)O)cc(C(=O)O)c(O)c2c1.[NaH]. The van der Waals surface area contributed by atoms with Crippen molar-refractivity contribution in [2.75, 3.05) is 0 Å². The van der Waals surface area contributed by atoms with Crippen LogP contribution in [0.1, 0.15) is 20.7 Å². The van der Waals surface area contributed by atoms with Gasteiger partial charge in [0, 0.05) is 10.8 Å².